The number of imidazole rings is 1. The minimum atomic E-state index is -1.07. The Morgan fingerprint density at radius 3 is 2.36 bits per heavy atom. The lowest BCUT2D eigenvalue weighted by Gasteiger charge is -2.25. The van der Waals surface area contributed by atoms with Gasteiger partial charge >= 0.3 is 12.1 Å². The first-order valence-electron chi connectivity index (χ1n) is 12.0. The smallest absolute Gasteiger partial charge is 0.408 e. The monoisotopic (exact) mass is 503 g/mol. The molecule has 36 heavy (non-hydrogen) atoms. The highest BCUT2D eigenvalue weighted by molar-refractivity contribution is 6.36. The number of fused-ring (bicyclic) bond motifs is 1. The van der Waals surface area contributed by atoms with Crippen molar-refractivity contribution in [1.82, 2.24) is 20.6 Å². The first-order valence-corrected chi connectivity index (χ1v) is 12.0. The molecule has 0 spiro atoms. The highest BCUT2D eigenvalue weighted by atomic mass is 16.6. The zero-order chi connectivity index (χ0) is 26.9. The van der Waals surface area contributed by atoms with E-state index in [0.29, 0.717) is 18.9 Å². The number of Topliss-reactive ketones (excluding diaryl/α,β-unsaturated/α-hetero) is 1. The van der Waals surface area contributed by atoms with Gasteiger partial charge < -0.3 is 30.4 Å². The van der Waals surface area contributed by atoms with Crippen LogP contribution >= 0.6 is 0 Å². The van der Waals surface area contributed by atoms with Crippen LogP contribution in [0.25, 0.3) is 11.0 Å². The fourth-order valence-electron chi connectivity index (χ4n) is 3.49. The Bertz CT molecular complexity index is 1030. The first-order chi connectivity index (χ1) is 16.9. The van der Waals surface area contributed by atoms with Crippen molar-refractivity contribution < 1.29 is 28.7 Å². The number of para-hydroxylation sites is 2. The zero-order valence-electron chi connectivity index (χ0n) is 21.8. The Kier molecular flexibility index (Phi) is 10.2. The lowest BCUT2D eigenvalue weighted by atomic mass is 9.99. The van der Waals surface area contributed by atoms with Gasteiger partial charge in [0.1, 0.15) is 11.6 Å². The van der Waals surface area contributed by atoms with Crippen molar-refractivity contribution in [2.75, 3.05) is 19.0 Å². The van der Waals surface area contributed by atoms with Crippen LogP contribution in [0.2, 0.25) is 0 Å². The second kappa shape index (κ2) is 12.9. The van der Waals surface area contributed by atoms with Crippen LogP contribution in [0.5, 0.6) is 0 Å². The van der Waals surface area contributed by atoms with E-state index in [-0.39, 0.29) is 18.8 Å². The second-order valence-electron chi connectivity index (χ2n) is 9.92. The van der Waals surface area contributed by atoms with E-state index in [1.54, 1.807) is 20.8 Å². The van der Waals surface area contributed by atoms with Gasteiger partial charge in [-0.05, 0) is 58.1 Å². The SMILES string of the molecule is COC(=O)C(=O)[C@H](CC(C)C)NC(=O)[C@H](CCCNc1nc2ccccc2[nH]1)NC(=O)OC(C)(C)C. The Morgan fingerprint density at radius 1 is 1.06 bits per heavy atom. The summed E-state index contributed by atoms with van der Waals surface area (Å²) in [5.41, 5.74) is 0.972. The molecule has 0 radical (unpaired) electrons. The quantitative estimate of drug-likeness (QED) is 0.196. The zero-order valence-corrected chi connectivity index (χ0v) is 21.8. The number of H-pyrrole nitrogens is 1. The molecule has 2 amide bonds. The molecule has 0 bridgehead atoms. The van der Waals surface area contributed by atoms with Crippen LogP contribution in [0.15, 0.2) is 24.3 Å². The third-order valence-corrected chi connectivity index (χ3v) is 5.09. The van der Waals surface area contributed by atoms with Crippen molar-refractivity contribution in [1.29, 1.82) is 0 Å². The molecular weight excluding hydrogens is 466 g/mol. The van der Waals surface area contributed by atoms with Crippen molar-refractivity contribution in [3.8, 4) is 0 Å². The number of alkyl carbamates (subject to hydrolysis) is 1. The molecular formula is C25H37N5O6. The number of hydrogen-bond donors (Lipinski definition) is 4. The van der Waals surface area contributed by atoms with E-state index in [2.05, 4.69) is 30.7 Å². The summed E-state index contributed by atoms with van der Waals surface area (Å²) in [7, 11) is 1.11. The largest absolute Gasteiger partial charge is 0.463 e. The van der Waals surface area contributed by atoms with Crippen LogP contribution in [-0.2, 0) is 23.9 Å². The lowest BCUT2D eigenvalue weighted by molar-refractivity contribution is -0.153. The van der Waals surface area contributed by atoms with E-state index in [1.165, 1.54) is 0 Å². The van der Waals surface area contributed by atoms with Gasteiger partial charge in [-0.2, -0.15) is 0 Å². The molecule has 0 aliphatic carbocycles. The number of anilines is 1. The summed E-state index contributed by atoms with van der Waals surface area (Å²) in [5, 5.41) is 8.36. The number of carbonyl (C=O) groups excluding carboxylic acids is 4. The maximum Gasteiger partial charge on any atom is 0.408 e. The molecule has 1 aromatic carbocycles. The van der Waals surface area contributed by atoms with Crippen molar-refractivity contribution in [3.63, 3.8) is 0 Å². The number of ether oxygens (including phenoxy) is 2. The number of ketones is 1. The van der Waals surface area contributed by atoms with Gasteiger partial charge in [-0.25, -0.2) is 14.6 Å². The highest BCUT2D eigenvalue weighted by Crippen LogP contribution is 2.14. The Morgan fingerprint density at radius 2 is 1.75 bits per heavy atom. The number of nitrogens with zero attached hydrogens (tertiary/aromatic N) is 1. The molecule has 4 N–H and O–H groups in total. The van der Waals surface area contributed by atoms with E-state index < -0.39 is 41.4 Å². The number of rotatable bonds is 12. The van der Waals surface area contributed by atoms with Gasteiger partial charge in [0.05, 0.1) is 24.2 Å². The number of carbonyl (C=O) groups is 4. The molecule has 0 saturated heterocycles. The summed E-state index contributed by atoms with van der Waals surface area (Å²) < 4.78 is 9.83. The van der Waals surface area contributed by atoms with E-state index >= 15 is 0 Å². The van der Waals surface area contributed by atoms with E-state index in [9.17, 15) is 19.2 Å². The summed E-state index contributed by atoms with van der Waals surface area (Å²) >= 11 is 0. The molecule has 0 aliphatic rings. The van der Waals surface area contributed by atoms with Crippen LogP contribution in [-0.4, -0.2) is 65.1 Å². The average molecular weight is 504 g/mol. The summed E-state index contributed by atoms with van der Waals surface area (Å²) in [6.45, 7) is 9.34. The van der Waals surface area contributed by atoms with Crippen LogP contribution in [0.4, 0.5) is 10.7 Å². The van der Waals surface area contributed by atoms with Crippen molar-refractivity contribution in [3.05, 3.63) is 24.3 Å². The topological polar surface area (TPSA) is 152 Å². The molecule has 11 nitrogen and oxygen atoms in total. The van der Waals surface area contributed by atoms with Gasteiger partial charge in [-0.3, -0.25) is 9.59 Å². The first kappa shape index (κ1) is 28.6. The number of nitrogens with one attached hydrogen (secondary N) is 4. The van der Waals surface area contributed by atoms with Gasteiger partial charge in [0, 0.05) is 6.54 Å². The van der Waals surface area contributed by atoms with Crippen LogP contribution < -0.4 is 16.0 Å². The maximum atomic E-state index is 13.1. The van der Waals surface area contributed by atoms with Gasteiger partial charge in [-0.1, -0.05) is 26.0 Å². The minimum Gasteiger partial charge on any atom is -0.463 e. The molecule has 0 unspecified atom stereocenters. The van der Waals surface area contributed by atoms with Crippen LogP contribution in [0, 0.1) is 5.92 Å². The Hall–Kier alpha value is -3.63. The Labute approximate surface area is 211 Å². The predicted molar refractivity (Wildman–Crippen MR) is 135 cm³/mol. The third-order valence-electron chi connectivity index (χ3n) is 5.09. The number of methoxy groups -OCH3 is 1. The molecule has 2 atom stereocenters. The van der Waals surface area contributed by atoms with Gasteiger partial charge in [0.15, 0.2) is 0 Å². The molecule has 11 heteroatoms. The van der Waals surface area contributed by atoms with Gasteiger partial charge in [0.25, 0.3) is 5.78 Å². The number of esters is 1. The highest BCUT2D eigenvalue weighted by Gasteiger charge is 2.31. The fourth-order valence-corrected chi connectivity index (χ4v) is 3.49. The number of aromatic nitrogens is 2. The van der Waals surface area contributed by atoms with Gasteiger partial charge in [-0.15, -0.1) is 0 Å². The fraction of sp³-hybridized carbons (Fsp3) is 0.560. The standard InChI is InChI=1S/C25H37N5O6/c1-15(2)14-19(20(31)22(33)35-6)27-21(32)18(30-24(34)36-25(3,4)5)12-9-13-26-23-28-16-10-7-8-11-17(16)29-23/h7-8,10-11,15,18-19H,9,12-14H2,1-6H3,(H,27,32)(H,30,34)(H2,26,28,29)/t18-,19-/m0/s1. The lowest BCUT2D eigenvalue weighted by Crippen LogP contribution is -2.53. The number of aromatic amines is 1. The number of hydrogen-bond acceptors (Lipinski definition) is 8. The minimum absolute atomic E-state index is 0.0224. The number of amides is 2. The summed E-state index contributed by atoms with van der Waals surface area (Å²) in [5.74, 6) is -1.85. The molecule has 0 aliphatic heterocycles. The van der Waals surface area contributed by atoms with Crippen molar-refractivity contribution in [2.24, 2.45) is 5.92 Å². The Balaban J connectivity index is 2.06. The van der Waals surface area contributed by atoms with Crippen molar-refractivity contribution in [2.45, 2.75) is 71.6 Å². The van der Waals surface area contributed by atoms with E-state index in [4.69, 9.17) is 4.74 Å². The molecule has 0 saturated carbocycles. The summed E-state index contributed by atoms with van der Waals surface area (Å²) in [6, 6.07) is 5.57. The predicted octanol–water partition coefficient (Wildman–Crippen LogP) is 2.92. The van der Waals surface area contributed by atoms with E-state index in [1.807, 2.05) is 38.1 Å². The molecule has 1 heterocycles. The average Bonchev–Trinajstić information content (AvgIpc) is 3.20. The summed E-state index contributed by atoms with van der Waals surface area (Å²) in [4.78, 5) is 57.4. The number of benzene rings is 1. The van der Waals surface area contributed by atoms with Crippen LogP contribution in [0.1, 0.15) is 53.9 Å². The van der Waals surface area contributed by atoms with E-state index in [0.717, 1.165) is 18.1 Å². The second-order valence-corrected chi connectivity index (χ2v) is 9.92. The molecule has 2 rings (SSSR count). The molecule has 0 fully saturated rings. The maximum absolute atomic E-state index is 13.1. The third kappa shape index (κ3) is 9.20. The summed E-state index contributed by atoms with van der Waals surface area (Å²) in [6.07, 6.45) is 0.226. The normalized spacial score (nSPS) is 13.1. The molecule has 2 aromatic rings. The van der Waals surface area contributed by atoms with Gasteiger partial charge in [0.2, 0.25) is 11.9 Å². The van der Waals surface area contributed by atoms with Crippen molar-refractivity contribution >= 4 is 40.7 Å². The van der Waals surface area contributed by atoms with Crippen LogP contribution in [0.3, 0.4) is 0 Å². The molecule has 1 aromatic heterocycles. The molecule has 198 valence electrons.